The van der Waals surface area contributed by atoms with Crippen molar-refractivity contribution in [1.82, 2.24) is 9.38 Å². The number of hydrogen-bond donors (Lipinski definition) is 0. The maximum Gasteiger partial charge on any atom is 0.138 e. The second-order valence-electron chi connectivity index (χ2n) is 3.90. The van der Waals surface area contributed by atoms with Gasteiger partial charge in [-0.2, -0.15) is 5.26 Å². The lowest BCUT2D eigenvalue weighted by Gasteiger charge is -2.01. The number of pyridine rings is 1. The molecule has 2 heterocycles. The third kappa shape index (κ3) is 1.31. The molecule has 0 aliphatic rings. The van der Waals surface area contributed by atoms with Crippen LogP contribution in [0.4, 0.5) is 0 Å². The van der Waals surface area contributed by atoms with Crippen molar-refractivity contribution < 1.29 is 0 Å². The van der Waals surface area contributed by atoms with Gasteiger partial charge in [0.1, 0.15) is 17.2 Å². The largest absolute Gasteiger partial charge is 0.298 e. The molecule has 1 aromatic carbocycles. The molecule has 0 N–H and O–H groups in total. The van der Waals surface area contributed by atoms with Crippen molar-refractivity contribution in [2.24, 2.45) is 0 Å². The van der Waals surface area contributed by atoms with E-state index in [1.54, 1.807) is 0 Å². The highest BCUT2D eigenvalue weighted by Gasteiger charge is 2.14. The Morgan fingerprint density at radius 1 is 1.41 bits per heavy atom. The van der Waals surface area contributed by atoms with Gasteiger partial charge in [-0.3, -0.25) is 4.40 Å². The van der Waals surface area contributed by atoms with Gasteiger partial charge in [0.05, 0.1) is 16.1 Å². The number of nitrogens with zero attached hydrogens (tertiary/aromatic N) is 3. The van der Waals surface area contributed by atoms with E-state index in [-0.39, 0.29) is 0 Å². The van der Waals surface area contributed by atoms with Crippen molar-refractivity contribution in [1.29, 1.82) is 5.26 Å². The van der Waals surface area contributed by atoms with E-state index in [0.717, 1.165) is 16.7 Å². The van der Waals surface area contributed by atoms with Crippen LogP contribution in [-0.2, 0) is 0 Å². The highest BCUT2D eigenvalue weighted by Crippen LogP contribution is 2.29. The highest BCUT2D eigenvalue weighted by molar-refractivity contribution is 6.35. The minimum Gasteiger partial charge on any atom is -0.298 e. The van der Waals surface area contributed by atoms with Crippen LogP contribution in [0.1, 0.15) is 11.1 Å². The Labute approximate surface area is 103 Å². The van der Waals surface area contributed by atoms with Crippen molar-refractivity contribution in [3.05, 3.63) is 46.6 Å². The third-order valence-electron chi connectivity index (χ3n) is 2.84. The van der Waals surface area contributed by atoms with Gasteiger partial charge < -0.3 is 0 Å². The molecule has 0 aliphatic heterocycles. The lowest BCUT2D eigenvalue weighted by Crippen LogP contribution is -1.87. The van der Waals surface area contributed by atoms with E-state index in [4.69, 9.17) is 11.6 Å². The SMILES string of the molecule is Cc1cc(Cl)c2c(nc3ccccn32)c1C#N. The Balaban J connectivity index is 2.65. The summed E-state index contributed by atoms with van der Waals surface area (Å²) in [6.45, 7) is 1.87. The number of rotatable bonds is 0. The van der Waals surface area contributed by atoms with Crippen LogP contribution < -0.4 is 0 Å². The van der Waals surface area contributed by atoms with E-state index >= 15 is 0 Å². The van der Waals surface area contributed by atoms with E-state index < -0.39 is 0 Å². The molecule has 0 radical (unpaired) electrons. The lowest BCUT2D eigenvalue weighted by molar-refractivity contribution is 1.23. The predicted molar refractivity (Wildman–Crippen MR) is 67.2 cm³/mol. The second kappa shape index (κ2) is 3.47. The molecule has 0 aliphatic carbocycles. The summed E-state index contributed by atoms with van der Waals surface area (Å²) in [7, 11) is 0. The first-order valence-corrected chi connectivity index (χ1v) is 5.56. The number of nitriles is 1. The summed E-state index contributed by atoms with van der Waals surface area (Å²) in [5, 5.41) is 9.81. The molecule has 0 unspecified atom stereocenters. The van der Waals surface area contributed by atoms with Crippen LogP contribution in [-0.4, -0.2) is 9.38 Å². The molecule has 0 amide bonds. The summed E-state index contributed by atoms with van der Waals surface area (Å²) < 4.78 is 1.90. The monoisotopic (exact) mass is 241 g/mol. The average Bonchev–Trinajstić information content (AvgIpc) is 2.68. The zero-order chi connectivity index (χ0) is 12.0. The van der Waals surface area contributed by atoms with Crippen LogP contribution in [0.5, 0.6) is 0 Å². The van der Waals surface area contributed by atoms with E-state index in [0.29, 0.717) is 16.1 Å². The molecule has 0 fully saturated rings. The molecule has 82 valence electrons. The fourth-order valence-electron chi connectivity index (χ4n) is 2.06. The topological polar surface area (TPSA) is 41.1 Å². The first-order chi connectivity index (χ1) is 8.22. The smallest absolute Gasteiger partial charge is 0.138 e. The van der Waals surface area contributed by atoms with E-state index in [1.165, 1.54) is 0 Å². The number of benzene rings is 1. The second-order valence-corrected chi connectivity index (χ2v) is 4.31. The van der Waals surface area contributed by atoms with E-state index in [1.807, 2.05) is 41.8 Å². The van der Waals surface area contributed by atoms with Gasteiger partial charge in [-0.1, -0.05) is 17.7 Å². The first-order valence-electron chi connectivity index (χ1n) is 5.18. The molecule has 0 bridgehead atoms. The zero-order valence-corrected chi connectivity index (χ0v) is 9.86. The molecule has 4 heteroatoms. The zero-order valence-electron chi connectivity index (χ0n) is 9.11. The van der Waals surface area contributed by atoms with Crippen LogP contribution in [0.2, 0.25) is 5.02 Å². The minimum absolute atomic E-state index is 0.591. The van der Waals surface area contributed by atoms with Crippen molar-refractivity contribution in [3.63, 3.8) is 0 Å². The first kappa shape index (κ1) is 10.1. The fraction of sp³-hybridized carbons (Fsp3) is 0.0769. The summed E-state index contributed by atoms with van der Waals surface area (Å²) in [6.07, 6.45) is 1.90. The van der Waals surface area contributed by atoms with Crippen LogP contribution in [0.25, 0.3) is 16.7 Å². The van der Waals surface area contributed by atoms with Crippen molar-refractivity contribution in [2.75, 3.05) is 0 Å². The number of halogens is 1. The molecular weight excluding hydrogens is 234 g/mol. The standard InChI is InChI=1S/C13H8ClN3/c1-8-6-10(14)13-12(9(8)7-15)16-11-4-2-3-5-17(11)13/h2-6H,1H3. The highest BCUT2D eigenvalue weighted by atomic mass is 35.5. The van der Waals surface area contributed by atoms with Gasteiger partial charge >= 0.3 is 0 Å². The van der Waals surface area contributed by atoms with Gasteiger partial charge in [-0.05, 0) is 30.7 Å². The predicted octanol–water partition coefficient (Wildman–Crippen LogP) is 3.32. The molecular formula is C13H8ClN3. The molecule has 0 saturated heterocycles. The lowest BCUT2D eigenvalue weighted by atomic mass is 10.1. The Bertz CT molecular complexity index is 781. The maximum atomic E-state index is 9.19. The van der Waals surface area contributed by atoms with Crippen LogP contribution in [0, 0.1) is 18.3 Å². The molecule has 17 heavy (non-hydrogen) atoms. The van der Waals surface area contributed by atoms with Gasteiger partial charge in [-0.25, -0.2) is 4.98 Å². The molecule has 0 spiro atoms. The quantitative estimate of drug-likeness (QED) is 0.606. The van der Waals surface area contributed by atoms with E-state index in [9.17, 15) is 5.26 Å². The normalized spacial score (nSPS) is 10.9. The third-order valence-corrected chi connectivity index (χ3v) is 3.13. The Hall–Kier alpha value is -2.05. The van der Waals surface area contributed by atoms with Crippen LogP contribution in [0.15, 0.2) is 30.5 Å². The number of aryl methyl sites for hydroxylation is 1. The summed E-state index contributed by atoms with van der Waals surface area (Å²) in [6, 6.07) is 9.72. The van der Waals surface area contributed by atoms with Crippen LogP contribution >= 0.6 is 11.6 Å². The number of fused-ring (bicyclic) bond motifs is 3. The number of imidazole rings is 1. The van der Waals surface area contributed by atoms with Crippen LogP contribution in [0.3, 0.4) is 0 Å². The van der Waals surface area contributed by atoms with Crippen molar-refractivity contribution >= 4 is 28.3 Å². The molecule has 3 aromatic rings. The van der Waals surface area contributed by atoms with Gasteiger partial charge in [0, 0.05) is 6.20 Å². The Morgan fingerprint density at radius 2 is 2.24 bits per heavy atom. The Morgan fingerprint density at radius 3 is 3.00 bits per heavy atom. The summed E-state index contributed by atoms with van der Waals surface area (Å²) >= 11 is 6.24. The molecule has 0 saturated carbocycles. The van der Waals surface area contributed by atoms with Gasteiger partial charge in [0.2, 0.25) is 0 Å². The van der Waals surface area contributed by atoms with Gasteiger partial charge in [0.15, 0.2) is 0 Å². The van der Waals surface area contributed by atoms with Gasteiger partial charge in [-0.15, -0.1) is 0 Å². The molecule has 2 aromatic heterocycles. The molecule has 0 atom stereocenters. The van der Waals surface area contributed by atoms with Crippen molar-refractivity contribution in [3.8, 4) is 6.07 Å². The van der Waals surface area contributed by atoms with Crippen molar-refractivity contribution in [2.45, 2.75) is 6.92 Å². The summed E-state index contributed by atoms with van der Waals surface area (Å²) in [5.41, 5.74) is 3.71. The number of aromatic nitrogens is 2. The molecule has 3 nitrogen and oxygen atoms in total. The van der Waals surface area contributed by atoms with E-state index in [2.05, 4.69) is 11.1 Å². The average molecular weight is 242 g/mol. The summed E-state index contributed by atoms with van der Waals surface area (Å²) in [5.74, 6) is 0. The minimum atomic E-state index is 0.591. The summed E-state index contributed by atoms with van der Waals surface area (Å²) in [4.78, 5) is 4.46. The maximum absolute atomic E-state index is 9.19. The number of hydrogen-bond acceptors (Lipinski definition) is 2. The fourth-order valence-corrected chi connectivity index (χ4v) is 2.40. The molecule has 3 rings (SSSR count). The Kier molecular flexibility index (Phi) is 2.07. The van der Waals surface area contributed by atoms with Gasteiger partial charge in [0.25, 0.3) is 0 Å².